The van der Waals surface area contributed by atoms with Gasteiger partial charge in [0.2, 0.25) is 0 Å². The van der Waals surface area contributed by atoms with Gasteiger partial charge in [-0.2, -0.15) is 35.1 Å². The van der Waals surface area contributed by atoms with Crippen LogP contribution in [-0.4, -0.2) is 30.2 Å². The molecule has 0 bridgehead atoms. The first-order chi connectivity index (χ1) is 6.81. The molecule has 11 heteroatoms. The monoisotopic (exact) mass is 284 g/mol. The highest BCUT2D eigenvalue weighted by Crippen LogP contribution is 2.54. The summed E-state index contributed by atoms with van der Waals surface area (Å²) >= 11 is 4.39. The van der Waals surface area contributed by atoms with Crippen molar-refractivity contribution in [3.8, 4) is 0 Å². The Balaban J connectivity index is 5.61. The summed E-state index contributed by atoms with van der Waals surface area (Å²) in [4.78, 5) is 0. The fourth-order valence-corrected chi connectivity index (χ4v) is 0.796. The summed E-state index contributed by atoms with van der Waals surface area (Å²) in [7, 11) is 0. The number of alkyl halides is 10. The van der Waals surface area contributed by atoms with Gasteiger partial charge in [0, 0.05) is 0 Å². The lowest BCUT2D eigenvalue weighted by molar-refractivity contribution is -0.446. The van der Waals surface area contributed by atoms with Gasteiger partial charge in [-0.05, 0) is 0 Å². The first-order valence-electron chi connectivity index (χ1n) is 3.21. The van der Waals surface area contributed by atoms with Gasteiger partial charge in [-0.3, -0.25) is 0 Å². The Morgan fingerprint density at radius 1 is 0.750 bits per heavy atom. The highest BCUT2D eigenvalue weighted by Gasteiger charge is 2.85. The molecule has 0 amide bonds. The molecule has 0 aromatic carbocycles. The summed E-state index contributed by atoms with van der Waals surface area (Å²) in [6.07, 6.45) is -20.0. The predicted octanol–water partition coefficient (Wildman–Crippen LogP) is 3.62. The Labute approximate surface area is 87.1 Å². The van der Waals surface area contributed by atoms with Gasteiger partial charge >= 0.3 is 24.1 Å². The van der Waals surface area contributed by atoms with Crippen molar-refractivity contribution in [2.75, 3.05) is 6.07 Å². The predicted molar refractivity (Wildman–Crippen MR) is 32.7 cm³/mol. The number of halogens is 10. The summed E-state index contributed by atoms with van der Waals surface area (Å²) in [6, 6.07) is -1.75. The fourth-order valence-electron chi connectivity index (χ4n) is 0.659. The Morgan fingerprint density at radius 2 is 1.06 bits per heavy atom. The number of hydrogen-bond donors (Lipinski definition) is 0. The molecule has 1 nitrogen and oxygen atoms in total. The van der Waals surface area contributed by atoms with E-state index < -0.39 is 30.2 Å². The number of rotatable bonds is 3. The third-order valence-electron chi connectivity index (χ3n) is 1.42. The normalized spacial score (nSPS) is 15.4. The third kappa shape index (κ3) is 2.31. The molecule has 0 aliphatic carbocycles. The zero-order valence-corrected chi connectivity index (χ0v) is 7.65. The lowest BCUT2D eigenvalue weighted by atomic mass is 10.0. The maximum atomic E-state index is 12.6. The molecule has 0 saturated carbocycles. The minimum Gasteiger partial charge on any atom is -0.301 e. The van der Waals surface area contributed by atoms with Gasteiger partial charge in [-0.15, -0.1) is 0 Å². The quantitative estimate of drug-likeness (QED) is 0.568. The summed E-state index contributed by atoms with van der Waals surface area (Å²) in [5.41, 5.74) is -6.82. The molecule has 0 aliphatic rings. The van der Waals surface area contributed by atoms with E-state index in [-0.39, 0.29) is 0 Å². The van der Waals surface area contributed by atoms with E-state index in [9.17, 15) is 39.5 Å². The Morgan fingerprint density at radius 3 is 1.25 bits per heavy atom. The van der Waals surface area contributed by atoms with E-state index in [1.54, 1.807) is 0 Å². The van der Waals surface area contributed by atoms with Crippen LogP contribution in [0.5, 0.6) is 0 Å². The minimum atomic E-state index is -6.90. The molecule has 0 aromatic heterocycles. The van der Waals surface area contributed by atoms with Crippen LogP contribution in [0, 0.1) is 0 Å². The van der Waals surface area contributed by atoms with E-state index in [2.05, 4.69) is 16.3 Å². The zero-order valence-electron chi connectivity index (χ0n) is 6.89. The van der Waals surface area contributed by atoms with E-state index in [1.807, 2.05) is 0 Å². The van der Waals surface area contributed by atoms with Crippen LogP contribution in [-0.2, 0) is 4.74 Å². The molecular weight excluding hydrogens is 282 g/mol. The van der Waals surface area contributed by atoms with Crippen molar-refractivity contribution in [3.05, 3.63) is 0 Å². The SMILES string of the molecule is FC(F)(F)C(F)(C(F)(F)F)C(F)(F)OCCl. The van der Waals surface area contributed by atoms with Crippen LogP contribution in [0.15, 0.2) is 0 Å². The fraction of sp³-hybridized carbons (Fsp3) is 1.00. The summed E-state index contributed by atoms with van der Waals surface area (Å²) in [6.45, 7) is 0. The molecule has 0 atom stereocenters. The topological polar surface area (TPSA) is 9.23 Å². The first-order valence-corrected chi connectivity index (χ1v) is 3.75. The van der Waals surface area contributed by atoms with E-state index >= 15 is 0 Å². The van der Waals surface area contributed by atoms with Crippen LogP contribution in [0.4, 0.5) is 39.5 Å². The molecule has 0 saturated heterocycles. The molecule has 0 aliphatic heterocycles. The molecule has 0 radical (unpaired) electrons. The number of hydrogen-bond acceptors (Lipinski definition) is 1. The average molecular weight is 285 g/mol. The summed E-state index contributed by atoms with van der Waals surface area (Å²) in [5, 5.41) is 0. The molecule has 0 spiro atoms. The number of ether oxygens (including phenoxy) is 1. The van der Waals surface area contributed by atoms with Crippen LogP contribution in [0.2, 0.25) is 0 Å². The maximum absolute atomic E-state index is 12.6. The smallest absolute Gasteiger partial charge is 0.301 e. The van der Waals surface area contributed by atoms with Crippen molar-refractivity contribution in [3.63, 3.8) is 0 Å². The molecule has 0 N–H and O–H groups in total. The van der Waals surface area contributed by atoms with Crippen LogP contribution in [0.1, 0.15) is 0 Å². The van der Waals surface area contributed by atoms with Gasteiger partial charge in [0.25, 0.3) is 0 Å². The third-order valence-corrected chi connectivity index (χ3v) is 1.53. The standard InChI is InChI=1S/C5H2ClF9O/c6-1-16-5(14,15)2(7,3(8,9)10)4(11,12)13/h1H2. The summed E-state index contributed by atoms with van der Waals surface area (Å²) < 4.78 is 110. The van der Waals surface area contributed by atoms with E-state index in [1.165, 1.54) is 0 Å². The van der Waals surface area contributed by atoms with Crippen molar-refractivity contribution in [2.45, 2.75) is 24.1 Å². The van der Waals surface area contributed by atoms with Crippen LogP contribution >= 0.6 is 11.6 Å². The molecular formula is C5H2ClF9O. The van der Waals surface area contributed by atoms with Gasteiger partial charge in [0.15, 0.2) is 0 Å². The molecule has 16 heavy (non-hydrogen) atoms. The molecule has 0 heterocycles. The van der Waals surface area contributed by atoms with Crippen LogP contribution < -0.4 is 0 Å². The molecule has 0 unspecified atom stereocenters. The van der Waals surface area contributed by atoms with Crippen LogP contribution in [0.3, 0.4) is 0 Å². The maximum Gasteiger partial charge on any atom is 0.440 e. The average Bonchev–Trinajstić information content (AvgIpc) is 1.98. The second-order valence-corrected chi connectivity index (χ2v) is 2.64. The lowest BCUT2D eigenvalue weighted by Gasteiger charge is -2.34. The van der Waals surface area contributed by atoms with Crippen molar-refractivity contribution >= 4 is 11.6 Å². The van der Waals surface area contributed by atoms with Gasteiger partial charge in [0.1, 0.15) is 6.07 Å². The molecule has 0 aromatic rings. The van der Waals surface area contributed by atoms with E-state index in [0.717, 1.165) is 0 Å². The van der Waals surface area contributed by atoms with Gasteiger partial charge in [-0.1, -0.05) is 11.6 Å². The zero-order chi connectivity index (χ0) is 13.4. The Kier molecular flexibility index (Phi) is 4.03. The van der Waals surface area contributed by atoms with Crippen molar-refractivity contribution in [1.82, 2.24) is 0 Å². The molecule has 0 rings (SSSR count). The highest BCUT2D eigenvalue weighted by atomic mass is 35.5. The van der Waals surface area contributed by atoms with Crippen LogP contribution in [0.25, 0.3) is 0 Å². The van der Waals surface area contributed by atoms with Crippen molar-refractivity contribution in [1.29, 1.82) is 0 Å². The minimum absolute atomic E-state index is 1.75. The Bertz CT molecular complexity index is 229. The van der Waals surface area contributed by atoms with Crippen molar-refractivity contribution in [2.24, 2.45) is 0 Å². The highest BCUT2D eigenvalue weighted by molar-refractivity contribution is 6.17. The van der Waals surface area contributed by atoms with E-state index in [0.29, 0.717) is 0 Å². The van der Waals surface area contributed by atoms with Gasteiger partial charge in [-0.25, -0.2) is 4.39 Å². The van der Waals surface area contributed by atoms with Crippen molar-refractivity contribution < 1.29 is 44.3 Å². The van der Waals surface area contributed by atoms with Gasteiger partial charge < -0.3 is 4.74 Å². The summed E-state index contributed by atoms with van der Waals surface area (Å²) in [5.74, 6) is 0. The van der Waals surface area contributed by atoms with Gasteiger partial charge in [0.05, 0.1) is 0 Å². The first kappa shape index (κ1) is 15.6. The largest absolute Gasteiger partial charge is 0.440 e. The Hall–Kier alpha value is -0.380. The second-order valence-electron chi connectivity index (χ2n) is 2.42. The second kappa shape index (κ2) is 4.13. The molecule has 0 fully saturated rings. The lowest BCUT2D eigenvalue weighted by Crippen LogP contribution is -2.65. The van der Waals surface area contributed by atoms with E-state index in [4.69, 9.17) is 0 Å². The molecule has 98 valence electrons.